The van der Waals surface area contributed by atoms with Gasteiger partial charge in [0, 0.05) is 17.6 Å². The van der Waals surface area contributed by atoms with Gasteiger partial charge in [-0.1, -0.05) is 87.1 Å². The molecule has 2 aromatic carbocycles. The molecule has 0 saturated heterocycles. The van der Waals surface area contributed by atoms with Crippen LogP contribution in [0.1, 0.15) is 80.1 Å². The molecular formula is C28H36N2O2. The fourth-order valence-electron chi connectivity index (χ4n) is 5.73. The Morgan fingerprint density at radius 3 is 2.06 bits per heavy atom. The van der Waals surface area contributed by atoms with Crippen molar-refractivity contribution in [3.05, 3.63) is 71.8 Å². The number of hydrogen-bond acceptors (Lipinski definition) is 2. The highest BCUT2D eigenvalue weighted by Crippen LogP contribution is 2.41. The van der Waals surface area contributed by atoms with E-state index in [2.05, 4.69) is 5.32 Å². The van der Waals surface area contributed by atoms with Gasteiger partial charge in [-0.15, -0.1) is 0 Å². The lowest BCUT2D eigenvalue weighted by atomic mass is 9.67. The van der Waals surface area contributed by atoms with Crippen LogP contribution >= 0.6 is 0 Å². The Kier molecular flexibility index (Phi) is 7.62. The molecule has 4 heteroatoms. The minimum absolute atomic E-state index is 0.0160. The molecule has 0 radical (unpaired) electrons. The van der Waals surface area contributed by atoms with Gasteiger partial charge in [-0.25, -0.2) is 0 Å². The summed E-state index contributed by atoms with van der Waals surface area (Å²) in [4.78, 5) is 28.4. The van der Waals surface area contributed by atoms with Crippen LogP contribution in [0.15, 0.2) is 60.7 Å². The molecule has 2 aromatic rings. The number of rotatable bonds is 7. The van der Waals surface area contributed by atoms with Crippen LogP contribution in [-0.4, -0.2) is 28.8 Å². The minimum Gasteiger partial charge on any atom is -0.349 e. The molecule has 2 aliphatic carbocycles. The summed E-state index contributed by atoms with van der Waals surface area (Å²) in [5.41, 5.74) is 1.57. The third kappa shape index (κ3) is 5.59. The Bertz CT molecular complexity index is 869. The van der Waals surface area contributed by atoms with E-state index in [1.54, 1.807) is 4.90 Å². The van der Waals surface area contributed by atoms with Crippen molar-refractivity contribution >= 4 is 11.8 Å². The zero-order chi connectivity index (χ0) is 22.2. The Balaban J connectivity index is 1.51. The molecule has 0 aliphatic heterocycles. The monoisotopic (exact) mass is 432 g/mol. The summed E-state index contributed by atoms with van der Waals surface area (Å²) in [5.74, 6) is 0.463. The second-order valence-corrected chi connectivity index (χ2v) is 9.61. The third-order valence-corrected chi connectivity index (χ3v) is 7.38. The molecule has 0 bridgehead atoms. The smallest absolute Gasteiger partial charge is 0.254 e. The molecule has 0 spiro atoms. The molecule has 0 atom stereocenters. The van der Waals surface area contributed by atoms with Gasteiger partial charge in [-0.2, -0.15) is 0 Å². The first kappa shape index (κ1) is 22.6. The molecule has 4 rings (SSSR count). The predicted octanol–water partition coefficient (Wildman–Crippen LogP) is 5.73. The van der Waals surface area contributed by atoms with Crippen molar-refractivity contribution in [1.29, 1.82) is 0 Å². The van der Waals surface area contributed by atoms with Gasteiger partial charge < -0.3 is 10.2 Å². The van der Waals surface area contributed by atoms with Crippen molar-refractivity contribution in [2.45, 2.75) is 76.3 Å². The Hall–Kier alpha value is -2.62. The van der Waals surface area contributed by atoms with Crippen LogP contribution in [0.5, 0.6) is 0 Å². The second-order valence-electron chi connectivity index (χ2n) is 9.61. The number of benzene rings is 2. The van der Waals surface area contributed by atoms with E-state index >= 15 is 0 Å². The molecule has 0 unspecified atom stereocenters. The summed E-state index contributed by atoms with van der Waals surface area (Å²) in [6.07, 6.45) is 12.1. The number of carbonyl (C=O) groups excluding carboxylic acids is 2. The highest BCUT2D eigenvalue weighted by atomic mass is 16.2. The number of carbonyl (C=O) groups is 2. The van der Waals surface area contributed by atoms with E-state index < -0.39 is 0 Å². The molecule has 2 amide bonds. The van der Waals surface area contributed by atoms with Crippen LogP contribution in [0.4, 0.5) is 0 Å². The maximum Gasteiger partial charge on any atom is 0.254 e. The zero-order valence-corrected chi connectivity index (χ0v) is 19.1. The van der Waals surface area contributed by atoms with Crippen LogP contribution < -0.4 is 5.32 Å². The Morgan fingerprint density at radius 2 is 1.41 bits per heavy atom. The van der Waals surface area contributed by atoms with Crippen LogP contribution in [0.3, 0.4) is 0 Å². The summed E-state index contributed by atoms with van der Waals surface area (Å²) in [7, 11) is 0. The van der Waals surface area contributed by atoms with Gasteiger partial charge >= 0.3 is 0 Å². The highest BCUT2D eigenvalue weighted by molar-refractivity contribution is 5.96. The zero-order valence-electron chi connectivity index (χ0n) is 19.1. The van der Waals surface area contributed by atoms with E-state index in [4.69, 9.17) is 0 Å². The number of nitrogens with zero attached hydrogens (tertiary/aromatic N) is 1. The van der Waals surface area contributed by atoms with Gasteiger partial charge in [0.2, 0.25) is 5.91 Å². The quantitative estimate of drug-likeness (QED) is 0.607. The predicted molar refractivity (Wildman–Crippen MR) is 128 cm³/mol. The number of nitrogens with one attached hydrogen (secondary N) is 1. The molecule has 170 valence electrons. The average Bonchev–Trinajstić information content (AvgIpc) is 2.85. The first-order valence-electron chi connectivity index (χ1n) is 12.4. The van der Waals surface area contributed by atoms with E-state index in [9.17, 15) is 9.59 Å². The molecule has 2 fully saturated rings. The fourth-order valence-corrected chi connectivity index (χ4v) is 5.73. The van der Waals surface area contributed by atoms with E-state index in [-0.39, 0.29) is 23.9 Å². The summed E-state index contributed by atoms with van der Waals surface area (Å²) < 4.78 is 0. The SMILES string of the molecule is O=C(CN(Cc1ccccc1)C(=O)c1ccccc1)NC1(C2CCCCC2)CCCCC1. The Labute approximate surface area is 192 Å². The topological polar surface area (TPSA) is 49.4 Å². The van der Waals surface area contributed by atoms with Gasteiger partial charge in [0.1, 0.15) is 6.54 Å². The van der Waals surface area contributed by atoms with E-state index in [0.29, 0.717) is 18.0 Å². The van der Waals surface area contributed by atoms with E-state index in [1.165, 1.54) is 51.4 Å². The van der Waals surface area contributed by atoms with Gasteiger partial charge in [-0.3, -0.25) is 9.59 Å². The standard InChI is InChI=1S/C28H36N2O2/c31-26(29-28(19-11-4-12-20-28)25-17-9-3-10-18-25)22-30(21-23-13-5-1-6-14-23)27(32)24-15-7-2-8-16-24/h1-2,5-8,13-16,25H,3-4,9-12,17-22H2,(H,29,31). The molecule has 4 nitrogen and oxygen atoms in total. The maximum atomic E-state index is 13.4. The van der Waals surface area contributed by atoms with Crippen LogP contribution in [0.25, 0.3) is 0 Å². The molecule has 0 aromatic heterocycles. The highest BCUT2D eigenvalue weighted by Gasteiger charge is 2.41. The normalized spacial score (nSPS) is 18.6. The van der Waals surface area contributed by atoms with E-state index in [0.717, 1.165) is 18.4 Å². The first-order chi connectivity index (χ1) is 15.7. The van der Waals surface area contributed by atoms with Crippen molar-refractivity contribution in [3.63, 3.8) is 0 Å². The minimum atomic E-state index is -0.0973. The summed E-state index contributed by atoms with van der Waals surface area (Å²) in [5, 5.41) is 3.49. The van der Waals surface area contributed by atoms with Crippen LogP contribution in [0.2, 0.25) is 0 Å². The van der Waals surface area contributed by atoms with Crippen molar-refractivity contribution in [2.75, 3.05) is 6.54 Å². The summed E-state index contributed by atoms with van der Waals surface area (Å²) in [6, 6.07) is 19.2. The first-order valence-corrected chi connectivity index (χ1v) is 12.4. The lowest BCUT2D eigenvalue weighted by Gasteiger charge is -2.46. The third-order valence-electron chi connectivity index (χ3n) is 7.38. The second kappa shape index (κ2) is 10.8. The maximum absolute atomic E-state index is 13.4. The average molecular weight is 433 g/mol. The van der Waals surface area contributed by atoms with Gasteiger partial charge in [0.15, 0.2) is 0 Å². The van der Waals surface area contributed by atoms with Crippen molar-refractivity contribution in [1.82, 2.24) is 10.2 Å². The molecule has 2 aliphatic rings. The van der Waals surface area contributed by atoms with Crippen LogP contribution in [0, 0.1) is 5.92 Å². The fraction of sp³-hybridized carbons (Fsp3) is 0.500. The van der Waals surface area contributed by atoms with Gasteiger partial charge in [0.05, 0.1) is 0 Å². The molecule has 2 saturated carbocycles. The largest absolute Gasteiger partial charge is 0.349 e. The lowest BCUT2D eigenvalue weighted by Crippen LogP contribution is -2.57. The molecule has 0 heterocycles. The van der Waals surface area contributed by atoms with E-state index in [1.807, 2.05) is 60.7 Å². The molecular weight excluding hydrogens is 396 g/mol. The van der Waals surface area contributed by atoms with Gasteiger partial charge in [-0.05, 0) is 49.3 Å². The van der Waals surface area contributed by atoms with Gasteiger partial charge in [0.25, 0.3) is 5.91 Å². The van der Waals surface area contributed by atoms with Crippen LogP contribution in [-0.2, 0) is 11.3 Å². The number of hydrogen-bond donors (Lipinski definition) is 1. The van der Waals surface area contributed by atoms with Crippen molar-refractivity contribution in [3.8, 4) is 0 Å². The molecule has 32 heavy (non-hydrogen) atoms. The number of amides is 2. The summed E-state index contributed by atoms with van der Waals surface area (Å²) in [6.45, 7) is 0.523. The molecule has 1 N–H and O–H groups in total. The summed E-state index contributed by atoms with van der Waals surface area (Å²) >= 11 is 0. The van der Waals surface area contributed by atoms with Crippen molar-refractivity contribution in [2.24, 2.45) is 5.92 Å². The Morgan fingerprint density at radius 1 is 0.812 bits per heavy atom. The lowest BCUT2D eigenvalue weighted by molar-refractivity contribution is -0.125. The van der Waals surface area contributed by atoms with Crippen molar-refractivity contribution < 1.29 is 9.59 Å².